The molecule has 16 heavy (non-hydrogen) atoms. The van der Waals surface area contributed by atoms with Crippen molar-refractivity contribution < 1.29 is 4.21 Å². The van der Waals surface area contributed by atoms with Crippen LogP contribution in [0, 0.1) is 0 Å². The van der Waals surface area contributed by atoms with E-state index in [0.717, 1.165) is 16.7 Å². The second kappa shape index (κ2) is 6.20. The Bertz CT molecular complexity index is 386. The summed E-state index contributed by atoms with van der Waals surface area (Å²) in [6.45, 7) is 2.04. The molecule has 0 saturated heterocycles. The number of pyridine rings is 1. The molecular weight excluding hydrogens is 290 g/mol. The zero-order chi connectivity index (χ0) is 12.1. The van der Waals surface area contributed by atoms with Gasteiger partial charge in [0, 0.05) is 28.9 Å². The van der Waals surface area contributed by atoms with Gasteiger partial charge >= 0.3 is 0 Å². The van der Waals surface area contributed by atoms with E-state index in [9.17, 15) is 4.21 Å². The first-order valence-corrected chi connectivity index (χ1v) is 7.48. The van der Waals surface area contributed by atoms with Crippen LogP contribution < -0.4 is 11.1 Å². The van der Waals surface area contributed by atoms with Crippen molar-refractivity contribution >= 4 is 38.2 Å². The van der Waals surface area contributed by atoms with Gasteiger partial charge in [-0.2, -0.15) is 0 Å². The summed E-state index contributed by atoms with van der Waals surface area (Å²) in [6, 6.07) is 2.04. The zero-order valence-corrected chi connectivity index (χ0v) is 11.8. The molecule has 90 valence electrons. The molecule has 2 unspecified atom stereocenters. The third-order valence-corrected chi connectivity index (χ3v) is 3.50. The molecule has 0 aliphatic carbocycles. The summed E-state index contributed by atoms with van der Waals surface area (Å²) in [5.74, 6) is 1.46. The van der Waals surface area contributed by atoms with Crippen molar-refractivity contribution in [1.29, 1.82) is 0 Å². The molecule has 0 bridgehead atoms. The molecule has 0 amide bonds. The van der Waals surface area contributed by atoms with E-state index in [1.807, 2.05) is 6.92 Å². The minimum atomic E-state index is -0.745. The van der Waals surface area contributed by atoms with E-state index in [-0.39, 0.29) is 6.04 Å². The summed E-state index contributed by atoms with van der Waals surface area (Å²) < 4.78 is 11.8. The third kappa shape index (κ3) is 4.49. The number of halogens is 1. The summed E-state index contributed by atoms with van der Waals surface area (Å²) >= 11 is 3.39. The van der Waals surface area contributed by atoms with E-state index < -0.39 is 10.8 Å². The van der Waals surface area contributed by atoms with E-state index >= 15 is 0 Å². The summed E-state index contributed by atoms with van der Waals surface area (Å²) in [7, 11) is -0.745. The minimum Gasteiger partial charge on any atom is -0.397 e. The van der Waals surface area contributed by atoms with Gasteiger partial charge in [-0.3, -0.25) is 4.21 Å². The van der Waals surface area contributed by atoms with Gasteiger partial charge in [-0.05, 0) is 35.3 Å². The van der Waals surface area contributed by atoms with Crippen LogP contribution in [0.3, 0.4) is 0 Å². The number of aromatic nitrogens is 1. The van der Waals surface area contributed by atoms with Gasteiger partial charge in [0.05, 0.1) is 16.4 Å². The fourth-order valence-electron chi connectivity index (χ4n) is 1.21. The van der Waals surface area contributed by atoms with Crippen LogP contribution in [0.25, 0.3) is 0 Å². The molecule has 1 heterocycles. The summed E-state index contributed by atoms with van der Waals surface area (Å²) in [5, 5.41) is 3.24. The Labute approximate surface area is 107 Å². The lowest BCUT2D eigenvalue weighted by molar-refractivity contribution is 0.678. The topological polar surface area (TPSA) is 68.0 Å². The molecule has 0 aliphatic rings. The molecule has 0 aromatic carbocycles. The van der Waals surface area contributed by atoms with Gasteiger partial charge < -0.3 is 11.1 Å². The first-order chi connectivity index (χ1) is 7.49. The van der Waals surface area contributed by atoms with Gasteiger partial charge in [-0.15, -0.1) is 0 Å². The van der Waals surface area contributed by atoms with Gasteiger partial charge in [-0.25, -0.2) is 4.98 Å². The molecule has 0 fully saturated rings. The predicted octanol–water partition coefficient (Wildman–Crippen LogP) is 2.00. The van der Waals surface area contributed by atoms with E-state index in [0.29, 0.717) is 11.4 Å². The maximum absolute atomic E-state index is 11.0. The quantitative estimate of drug-likeness (QED) is 0.873. The number of hydrogen-bond acceptors (Lipinski definition) is 4. The fraction of sp³-hybridized carbons (Fsp3) is 0.500. The molecular formula is C10H16BrN3OS. The predicted molar refractivity (Wildman–Crippen MR) is 73.0 cm³/mol. The Morgan fingerprint density at radius 1 is 1.69 bits per heavy atom. The van der Waals surface area contributed by atoms with Crippen molar-refractivity contribution in [2.45, 2.75) is 19.4 Å². The maximum atomic E-state index is 11.0. The van der Waals surface area contributed by atoms with Crippen LogP contribution in [0.2, 0.25) is 0 Å². The number of hydrogen-bond donors (Lipinski definition) is 2. The molecule has 1 aromatic heterocycles. The van der Waals surface area contributed by atoms with E-state index in [2.05, 4.69) is 26.2 Å². The number of rotatable bonds is 5. The molecule has 3 N–H and O–H groups in total. The van der Waals surface area contributed by atoms with Crippen LogP contribution in [0.5, 0.6) is 0 Å². The number of nitrogen functional groups attached to an aromatic ring is 1. The molecule has 4 nitrogen and oxygen atoms in total. The molecule has 0 saturated carbocycles. The first kappa shape index (κ1) is 13.4. The minimum absolute atomic E-state index is 0.233. The molecule has 1 rings (SSSR count). The Morgan fingerprint density at radius 2 is 2.38 bits per heavy atom. The second-order valence-corrected chi connectivity index (χ2v) is 6.12. The highest BCUT2D eigenvalue weighted by Crippen LogP contribution is 2.22. The monoisotopic (exact) mass is 305 g/mol. The van der Waals surface area contributed by atoms with Crippen molar-refractivity contribution in [3.63, 3.8) is 0 Å². The molecule has 0 radical (unpaired) electrons. The molecule has 0 aliphatic heterocycles. The summed E-state index contributed by atoms with van der Waals surface area (Å²) in [5.41, 5.74) is 6.22. The third-order valence-electron chi connectivity index (χ3n) is 2.08. The van der Waals surface area contributed by atoms with Gasteiger partial charge in [0.25, 0.3) is 0 Å². The van der Waals surface area contributed by atoms with Crippen molar-refractivity contribution in [2.75, 3.05) is 23.1 Å². The average molecular weight is 306 g/mol. The summed E-state index contributed by atoms with van der Waals surface area (Å²) in [4.78, 5) is 4.19. The van der Waals surface area contributed by atoms with Crippen molar-refractivity contribution in [2.24, 2.45) is 0 Å². The standard InChI is InChI=1S/C10H16BrN3OS/c1-7(3-4-16(2)15)14-10-9(11)5-8(12)6-13-10/h5-7H,3-4,12H2,1-2H3,(H,13,14). The maximum Gasteiger partial charge on any atom is 0.140 e. The average Bonchev–Trinajstić information content (AvgIpc) is 2.19. The number of anilines is 2. The van der Waals surface area contributed by atoms with Crippen LogP contribution in [-0.2, 0) is 10.8 Å². The molecule has 1 aromatic rings. The van der Waals surface area contributed by atoms with E-state index in [1.165, 1.54) is 0 Å². The normalized spacial score (nSPS) is 14.4. The lowest BCUT2D eigenvalue weighted by Gasteiger charge is -2.15. The van der Waals surface area contributed by atoms with E-state index in [4.69, 9.17) is 5.73 Å². The number of nitrogens with zero attached hydrogens (tertiary/aromatic N) is 1. The Morgan fingerprint density at radius 3 is 2.94 bits per heavy atom. The summed E-state index contributed by atoms with van der Waals surface area (Å²) in [6.07, 6.45) is 4.17. The van der Waals surface area contributed by atoms with Crippen molar-refractivity contribution in [3.05, 3.63) is 16.7 Å². The van der Waals surface area contributed by atoms with Crippen LogP contribution >= 0.6 is 15.9 Å². The van der Waals surface area contributed by atoms with Crippen LogP contribution in [0.15, 0.2) is 16.7 Å². The van der Waals surface area contributed by atoms with Gasteiger partial charge in [0.1, 0.15) is 5.82 Å². The van der Waals surface area contributed by atoms with Gasteiger partial charge in [0.15, 0.2) is 0 Å². The largest absolute Gasteiger partial charge is 0.397 e. The lowest BCUT2D eigenvalue weighted by Crippen LogP contribution is -2.19. The van der Waals surface area contributed by atoms with Crippen LogP contribution in [0.1, 0.15) is 13.3 Å². The second-order valence-electron chi connectivity index (χ2n) is 3.71. The highest BCUT2D eigenvalue weighted by atomic mass is 79.9. The zero-order valence-electron chi connectivity index (χ0n) is 9.37. The highest BCUT2D eigenvalue weighted by Gasteiger charge is 2.07. The van der Waals surface area contributed by atoms with Crippen LogP contribution in [-0.4, -0.2) is 27.2 Å². The molecule has 2 atom stereocenters. The molecule has 0 spiro atoms. The molecule has 6 heteroatoms. The van der Waals surface area contributed by atoms with Gasteiger partial charge in [0.2, 0.25) is 0 Å². The number of nitrogens with one attached hydrogen (secondary N) is 1. The van der Waals surface area contributed by atoms with Gasteiger partial charge in [-0.1, -0.05) is 0 Å². The van der Waals surface area contributed by atoms with E-state index in [1.54, 1.807) is 18.5 Å². The Hall–Kier alpha value is -0.620. The highest BCUT2D eigenvalue weighted by molar-refractivity contribution is 9.10. The van der Waals surface area contributed by atoms with Crippen LogP contribution in [0.4, 0.5) is 11.5 Å². The lowest BCUT2D eigenvalue weighted by atomic mass is 10.2. The smallest absolute Gasteiger partial charge is 0.140 e. The SMILES string of the molecule is CC(CCS(C)=O)Nc1ncc(N)cc1Br. The Kier molecular flexibility index (Phi) is 5.21. The van der Waals surface area contributed by atoms with Crippen molar-refractivity contribution in [1.82, 2.24) is 4.98 Å². The Balaban J connectivity index is 2.55. The number of nitrogens with two attached hydrogens (primary N) is 1. The fourth-order valence-corrected chi connectivity index (χ4v) is 2.37. The first-order valence-electron chi connectivity index (χ1n) is 4.96. The van der Waals surface area contributed by atoms with Crippen molar-refractivity contribution in [3.8, 4) is 0 Å².